The quantitative estimate of drug-likeness (QED) is 0.200. The SMILES string of the molecule is c1ccc2cc3cc(-c4ccc5c(c4)Cc4cc(-c6ccc7cc8ccccc8cc7c6)ccc4-5)ccc3cc2c1. The van der Waals surface area contributed by atoms with Crippen LogP contribution in [-0.2, 0) is 6.42 Å². The first-order valence-corrected chi connectivity index (χ1v) is 14.4. The second-order valence-electron chi connectivity index (χ2n) is 11.4. The van der Waals surface area contributed by atoms with Crippen LogP contribution in [-0.4, -0.2) is 0 Å². The van der Waals surface area contributed by atoms with E-state index >= 15 is 0 Å². The third kappa shape index (κ3) is 3.68. The van der Waals surface area contributed by atoms with E-state index in [0.29, 0.717) is 0 Å². The summed E-state index contributed by atoms with van der Waals surface area (Å²) >= 11 is 0. The van der Waals surface area contributed by atoms with E-state index in [1.807, 2.05) is 0 Å². The van der Waals surface area contributed by atoms with Gasteiger partial charge in [-0.3, -0.25) is 0 Å². The Morgan fingerprint density at radius 2 is 0.610 bits per heavy atom. The van der Waals surface area contributed by atoms with Gasteiger partial charge in [0.05, 0.1) is 0 Å². The molecule has 0 aliphatic heterocycles. The molecule has 0 fully saturated rings. The monoisotopic (exact) mass is 518 g/mol. The normalized spacial score (nSPS) is 12.3. The molecule has 1 aliphatic rings. The van der Waals surface area contributed by atoms with Gasteiger partial charge in [-0.2, -0.15) is 0 Å². The fourth-order valence-electron chi connectivity index (χ4n) is 6.81. The maximum Gasteiger partial charge on any atom is -0.00130 e. The Balaban J connectivity index is 1.06. The van der Waals surface area contributed by atoms with Gasteiger partial charge in [-0.1, -0.05) is 109 Å². The molecule has 0 spiro atoms. The zero-order valence-electron chi connectivity index (χ0n) is 22.6. The molecule has 0 saturated heterocycles. The van der Waals surface area contributed by atoms with Crippen molar-refractivity contribution < 1.29 is 0 Å². The van der Waals surface area contributed by atoms with Crippen LogP contribution in [0.4, 0.5) is 0 Å². The molecule has 0 N–H and O–H groups in total. The summed E-state index contributed by atoms with van der Waals surface area (Å²) in [6.07, 6.45) is 0.975. The molecule has 0 amide bonds. The maximum absolute atomic E-state index is 2.40. The average Bonchev–Trinajstić information content (AvgIpc) is 3.39. The largest absolute Gasteiger partial charge is 0.0616 e. The van der Waals surface area contributed by atoms with Gasteiger partial charge in [-0.25, -0.2) is 0 Å². The molecule has 0 saturated carbocycles. The number of rotatable bonds is 2. The summed E-state index contributed by atoms with van der Waals surface area (Å²) in [5.41, 5.74) is 10.7. The van der Waals surface area contributed by atoms with Crippen molar-refractivity contribution in [3.8, 4) is 33.4 Å². The molecule has 1 aliphatic carbocycles. The summed E-state index contributed by atoms with van der Waals surface area (Å²) in [6, 6.07) is 54.2. The fraction of sp³-hybridized carbons (Fsp3) is 0.0244. The summed E-state index contributed by atoms with van der Waals surface area (Å²) in [7, 11) is 0. The minimum atomic E-state index is 0.975. The first-order valence-electron chi connectivity index (χ1n) is 14.4. The van der Waals surface area contributed by atoms with E-state index in [-0.39, 0.29) is 0 Å². The van der Waals surface area contributed by atoms with Crippen molar-refractivity contribution in [1.29, 1.82) is 0 Å². The highest BCUT2D eigenvalue weighted by atomic mass is 14.2. The summed E-state index contributed by atoms with van der Waals surface area (Å²) in [6.45, 7) is 0. The van der Waals surface area contributed by atoms with Gasteiger partial charge in [-0.05, 0) is 130 Å². The van der Waals surface area contributed by atoms with Crippen LogP contribution in [0.25, 0.3) is 76.5 Å². The molecule has 8 aromatic carbocycles. The first kappa shape index (κ1) is 22.6. The lowest BCUT2D eigenvalue weighted by Crippen LogP contribution is -1.85. The second kappa shape index (κ2) is 8.65. The zero-order valence-corrected chi connectivity index (χ0v) is 22.6. The van der Waals surface area contributed by atoms with Crippen LogP contribution < -0.4 is 0 Å². The minimum Gasteiger partial charge on any atom is -0.0616 e. The van der Waals surface area contributed by atoms with E-state index < -0.39 is 0 Å². The van der Waals surface area contributed by atoms with E-state index in [1.54, 1.807) is 0 Å². The van der Waals surface area contributed by atoms with Crippen LogP contribution in [0, 0.1) is 0 Å². The van der Waals surface area contributed by atoms with Crippen LogP contribution in [0.5, 0.6) is 0 Å². The molecule has 0 radical (unpaired) electrons. The highest BCUT2D eigenvalue weighted by Gasteiger charge is 2.20. The Kier molecular flexibility index (Phi) is 4.77. The molecule has 0 heterocycles. The third-order valence-electron chi connectivity index (χ3n) is 8.96. The summed E-state index contributed by atoms with van der Waals surface area (Å²) in [4.78, 5) is 0. The van der Waals surface area contributed by atoms with Crippen LogP contribution in [0.3, 0.4) is 0 Å². The first-order chi connectivity index (χ1) is 20.2. The van der Waals surface area contributed by atoms with Crippen molar-refractivity contribution in [3.63, 3.8) is 0 Å². The topological polar surface area (TPSA) is 0 Å². The van der Waals surface area contributed by atoms with Crippen molar-refractivity contribution in [1.82, 2.24) is 0 Å². The molecule has 0 heteroatoms. The zero-order chi connectivity index (χ0) is 26.9. The third-order valence-corrected chi connectivity index (χ3v) is 8.96. The van der Waals surface area contributed by atoms with Crippen molar-refractivity contribution in [3.05, 3.63) is 157 Å². The van der Waals surface area contributed by atoms with Crippen LogP contribution in [0.1, 0.15) is 11.1 Å². The van der Waals surface area contributed by atoms with Gasteiger partial charge in [0.15, 0.2) is 0 Å². The Hall–Kier alpha value is -5.20. The molecule has 0 aromatic heterocycles. The van der Waals surface area contributed by atoms with Gasteiger partial charge >= 0.3 is 0 Å². The summed E-state index contributed by atoms with van der Waals surface area (Å²) in [5, 5.41) is 10.3. The summed E-state index contributed by atoms with van der Waals surface area (Å²) < 4.78 is 0. The number of benzene rings is 8. The van der Waals surface area contributed by atoms with Crippen molar-refractivity contribution in [2.75, 3.05) is 0 Å². The van der Waals surface area contributed by atoms with Crippen LogP contribution in [0.15, 0.2) is 146 Å². The lowest BCUT2D eigenvalue weighted by atomic mass is 9.95. The Bertz CT molecular complexity index is 2170. The predicted molar refractivity (Wildman–Crippen MR) is 176 cm³/mol. The van der Waals surface area contributed by atoms with Gasteiger partial charge in [0.25, 0.3) is 0 Å². The van der Waals surface area contributed by atoms with E-state index in [2.05, 4.69) is 146 Å². The molecule has 9 rings (SSSR count). The smallest absolute Gasteiger partial charge is 0.00130 e. The lowest BCUT2D eigenvalue weighted by Gasteiger charge is -2.09. The Labute approximate surface area is 239 Å². The molecule has 0 atom stereocenters. The molecule has 0 bridgehead atoms. The van der Waals surface area contributed by atoms with Gasteiger partial charge in [0.1, 0.15) is 0 Å². The van der Waals surface area contributed by atoms with E-state index in [4.69, 9.17) is 0 Å². The average molecular weight is 519 g/mol. The highest BCUT2D eigenvalue weighted by molar-refractivity contribution is 6.01. The maximum atomic E-state index is 2.40. The summed E-state index contributed by atoms with van der Waals surface area (Å²) in [5.74, 6) is 0. The Morgan fingerprint density at radius 3 is 1.05 bits per heavy atom. The highest BCUT2D eigenvalue weighted by Crippen LogP contribution is 2.41. The molecule has 8 aromatic rings. The molecule has 190 valence electrons. The van der Waals surface area contributed by atoms with Gasteiger partial charge in [0.2, 0.25) is 0 Å². The Morgan fingerprint density at radius 1 is 0.268 bits per heavy atom. The van der Waals surface area contributed by atoms with Crippen LogP contribution >= 0.6 is 0 Å². The molecule has 0 unspecified atom stereocenters. The van der Waals surface area contributed by atoms with E-state index in [9.17, 15) is 0 Å². The van der Waals surface area contributed by atoms with Crippen molar-refractivity contribution in [2.45, 2.75) is 6.42 Å². The van der Waals surface area contributed by atoms with Crippen molar-refractivity contribution in [2.24, 2.45) is 0 Å². The standard InChI is InChI=1S/C41H26/c1-3-7-28-19-36-21-30(9-11-34(36)17-26(28)5-1)32-13-15-40-38(23-32)25-39-24-33(14-16-41(39)40)31-10-12-35-18-27-6-2-4-8-29(27)20-37(35)22-31/h1-24H,25H2. The minimum absolute atomic E-state index is 0.975. The van der Waals surface area contributed by atoms with E-state index in [0.717, 1.165) is 6.42 Å². The number of hydrogen-bond donors (Lipinski definition) is 0. The lowest BCUT2D eigenvalue weighted by molar-refractivity contribution is 1.26. The second-order valence-corrected chi connectivity index (χ2v) is 11.4. The van der Waals surface area contributed by atoms with Crippen LogP contribution in [0.2, 0.25) is 0 Å². The predicted octanol–water partition coefficient (Wildman–Crippen LogP) is 11.2. The van der Waals surface area contributed by atoms with Crippen molar-refractivity contribution >= 4 is 43.1 Å². The fourth-order valence-corrected chi connectivity index (χ4v) is 6.81. The molecule has 0 nitrogen and oxygen atoms in total. The number of fused-ring (bicyclic) bond motifs is 7. The van der Waals surface area contributed by atoms with Gasteiger partial charge in [0, 0.05) is 0 Å². The molecular weight excluding hydrogens is 492 g/mol. The molecular formula is C41H26. The molecule has 41 heavy (non-hydrogen) atoms. The van der Waals surface area contributed by atoms with Gasteiger partial charge in [-0.15, -0.1) is 0 Å². The van der Waals surface area contributed by atoms with E-state index in [1.165, 1.54) is 87.6 Å². The number of hydrogen-bond acceptors (Lipinski definition) is 0. The van der Waals surface area contributed by atoms with Gasteiger partial charge < -0.3 is 0 Å².